The lowest BCUT2D eigenvalue weighted by Crippen LogP contribution is -2.04. The summed E-state index contributed by atoms with van der Waals surface area (Å²) in [5, 5.41) is 10.7. The van der Waals surface area contributed by atoms with E-state index in [1.54, 1.807) is 11.3 Å². The van der Waals surface area contributed by atoms with Gasteiger partial charge >= 0.3 is 0 Å². The van der Waals surface area contributed by atoms with Gasteiger partial charge in [0.2, 0.25) is 0 Å². The lowest BCUT2D eigenvalue weighted by atomic mass is 10.1. The summed E-state index contributed by atoms with van der Waals surface area (Å²) in [4.78, 5) is 13.1. The second-order valence-electron chi connectivity index (χ2n) is 5.83. The Balaban J connectivity index is 1.56. The second kappa shape index (κ2) is 7.42. The predicted molar refractivity (Wildman–Crippen MR) is 108 cm³/mol. The van der Waals surface area contributed by atoms with Crippen molar-refractivity contribution in [2.75, 3.05) is 5.75 Å². The summed E-state index contributed by atoms with van der Waals surface area (Å²) in [5.74, 6) is 0.400. The highest BCUT2D eigenvalue weighted by Gasteiger charge is 2.19. The van der Waals surface area contributed by atoms with Crippen LogP contribution in [0.25, 0.3) is 20.8 Å². The third kappa shape index (κ3) is 3.50. The number of carbonyl (C=O) groups excluding carboxylic acids is 1. The SMILES string of the molecule is Cn1c(SCC(=O)c2ccc(F)cc2)nnc1-c1sc2ccccc2c1Cl. The monoisotopic (exact) mass is 417 g/mol. The van der Waals surface area contributed by atoms with E-state index in [9.17, 15) is 9.18 Å². The highest BCUT2D eigenvalue weighted by atomic mass is 35.5. The van der Waals surface area contributed by atoms with Crippen LogP contribution in [0, 0.1) is 5.82 Å². The highest BCUT2D eigenvalue weighted by Crippen LogP contribution is 2.41. The van der Waals surface area contributed by atoms with Gasteiger partial charge in [-0.05, 0) is 30.3 Å². The molecule has 0 amide bonds. The maximum atomic E-state index is 13.0. The minimum Gasteiger partial charge on any atom is -0.304 e. The van der Waals surface area contributed by atoms with E-state index in [1.807, 2.05) is 35.9 Å². The fourth-order valence-electron chi connectivity index (χ4n) is 2.65. The molecule has 0 unspecified atom stereocenters. The van der Waals surface area contributed by atoms with Gasteiger partial charge < -0.3 is 4.57 Å². The Morgan fingerprint density at radius 1 is 1.19 bits per heavy atom. The molecule has 2 heterocycles. The molecule has 8 heteroatoms. The van der Waals surface area contributed by atoms with Gasteiger partial charge in [0.05, 0.1) is 15.7 Å². The maximum absolute atomic E-state index is 13.0. The topological polar surface area (TPSA) is 47.8 Å². The fourth-order valence-corrected chi connectivity index (χ4v) is 4.99. The summed E-state index contributed by atoms with van der Waals surface area (Å²) in [5.41, 5.74) is 0.471. The van der Waals surface area contributed by atoms with Crippen LogP contribution in [0.5, 0.6) is 0 Å². The Morgan fingerprint density at radius 2 is 1.93 bits per heavy atom. The molecule has 2 aromatic heterocycles. The van der Waals surface area contributed by atoms with Crippen molar-refractivity contribution in [1.82, 2.24) is 14.8 Å². The standard InChI is InChI=1S/C19H13ClFN3OS2/c1-24-18(17-16(20)13-4-2-3-5-15(13)27-17)22-23-19(24)26-10-14(25)11-6-8-12(21)9-7-11/h2-9H,10H2,1H3. The van der Waals surface area contributed by atoms with Crippen molar-refractivity contribution < 1.29 is 9.18 Å². The number of fused-ring (bicyclic) bond motifs is 1. The Bertz CT molecular complexity index is 1140. The lowest BCUT2D eigenvalue weighted by molar-refractivity contribution is 0.102. The third-order valence-electron chi connectivity index (χ3n) is 4.07. The molecule has 0 radical (unpaired) electrons. The molecule has 27 heavy (non-hydrogen) atoms. The number of thioether (sulfide) groups is 1. The number of aromatic nitrogens is 3. The molecule has 0 aliphatic carbocycles. The van der Waals surface area contributed by atoms with Crippen LogP contribution in [0.15, 0.2) is 53.7 Å². The summed E-state index contributed by atoms with van der Waals surface area (Å²) in [6, 6.07) is 13.4. The van der Waals surface area contributed by atoms with Gasteiger partial charge in [-0.25, -0.2) is 4.39 Å². The highest BCUT2D eigenvalue weighted by molar-refractivity contribution is 7.99. The van der Waals surface area contributed by atoms with Crippen molar-refractivity contribution >= 4 is 50.6 Å². The van der Waals surface area contributed by atoms with Crippen molar-refractivity contribution in [1.29, 1.82) is 0 Å². The molecule has 0 aliphatic heterocycles. The van der Waals surface area contributed by atoms with Gasteiger partial charge in [0, 0.05) is 22.7 Å². The van der Waals surface area contributed by atoms with E-state index in [-0.39, 0.29) is 17.4 Å². The summed E-state index contributed by atoms with van der Waals surface area (Å²) in [7, 11) is 1.85. The predicted octanol–water partition coefficient (Wildman–Crippen LogP) is 5.46. The van der Waals surface area contributed by atoms with E-state index in [0.717, 1.165) is 15.0 Å². The van der Waals surface area contributed by atoms with Crippen LogP contribution in [0.1, 0.15) is 10.4 Å². The minimum atomic E-state index is -0.364. The molecule has 0 atom stereocenters. The van der Waals surface area contributed by atoms with Crippen LogP contribution < -0.4 is 0 Å². The normalized spacial score (nSPS) is 11.2. The Kier molecular flexibility index (Phi) is 4.99. The molecule has 0 saturated heterocycles. The molecule has 4 rings (SSSR count). The zero-order valence-electron chi connectivity index (χ0n) is 14.1. The number of hydrogen-bond acceptors (Lipinski definition) is 5. The maximum Gasteiger partial charge on any atom is 0.191 e. The first-order chi connectivity index (χ1) is 13.0. The first-order valence-corrected chi connectivity index (χ1v) is 10.2. The zero-order valence-corrected chi connectivity index (χ0v) is 16.5. The molecule has 0 N–H and O–H groups in total. The number of carbonyl (C=O) groups is 1. The van der Waals surface area contributed by atoms with Gasteiger partial charge in [-0.2, -0.15) is 0 Å². The number of Topliss-reactive ketones (excluding diaryl/α,β-unsaturated/α-hetero) is 1. The Hall–Kier alpha value is -2.22. The Labute approximate surface area is 168 Å². The van der Waals surface area contributed by atoms with E-state index in [1.165, 1.54) is 36.0 Å². The van der Waals surface area contributed by atoms with E-state index >= 15 is 0 Å². The zero-order chi connectivity index (χ0) is 19.0. The number of benzene rings is 2. The van der Waals surface area contributed by atoms with Crippen molar-refractivity contribution in [3.8, 4) is 10.7 Å². The van der Waals surface area contributed by atoms with E-state index in [0.29, 0.717) is 21.6 Å². The third-order valence-corrected chi connectivity index (χ3v) is 6.76. The van der Waals surface area contributed by atoms with Gasteiger partial charge in [-0.3, -0.25) is 4.79 Å². The van der Waals surface area contributed by atoms with E-state index in [2.05, 4.69) is 10.2 Å². The van der Waals surface area contributed by atoms with Crippen molar-refractivity contribution in [2.24, 2.45) is 7.05 Å². The summed E-state index contributed by atoms with van der Waals surface area (Å²) in [6.45, 7) is 0. The van der Waals surface area contributed by atoms with Gasteiger partial charge in [0.25, 0.3) is 0 Å². The van der Waals surface area contributed by atoms with Crippen molar-refractivity contribution in [3.05, 3.63) is 64.9 Å². The van der Waals surface area contributed by atoms with Crippen molar-refractivity contribution in [2.45, 2.75) is 5.16 Å². The van der Waals surface area contributed by atoms with Crippen LogP contribution >= 0.6 is 34.7 Å². The molecule has 2 aromatic carbocycles. The number of ketones is 1. The molecular formula is C19H13ClFN3OS2. The van der Waals surface area contributed by atoms with E-state index < -0.39 is 0 Å². The molecule has 0 saturated carbocycles. The minimum absolute atomic E-state index is 0.0931. The number of nitrogens with zero attached hydrogens (tertiary/aromatic N) is 3. The van der Waals surface area contributed by atoms with Crippen LogP contribution in [0.2, 0.25) is 5.02 Å². The second-order valence-corrected chi connectivity index (χ2v) is 8.20. The van der Waals surface area contributed by atoms with Gasteiger partial charge in [0.15, 0.2) is 16.8 Å². The molecular weight excluding hydrogens is 405 g/mol. The first kappa shape index (κ1) is 18.2. The molecule has 0 spiro atoms. The molecule has 136 valence electrons. The number of hydrogen-bond donors (Lipinski definition) is 0. The molecule has 4 aromatic rings. The van der Waals surface area contributed by atoms with Crippen LogP contribution in [-0.4, -0.2) is 26.3 Å². The number of halogens is 2. The summed E-state index contributed by atoms with van der Waals surface area (Å²) >= 11 is 9.38. The first-order valence-electron chi connectivity index (χ1n) is 8.03. The van der Waals surface area contributed by atoms with Crippen molar-refractivity contribution in [3.63, 3.8) is 0 Å². The molecule has 4 nitrogen and oxygen atoms in total. The fraction of sp³-hybridized carbons (Fsp3) is 0.105. The summed E-state index contributed by atoms with van der Waals surface area (Å²) in [6.07, 6.45) is 0. The summed E-state index contributed by atoms with van der Waals surface area (Å²) < 4.78 is 15.9. The number of rotatable bonds is 5. The molecule has 0 aliphatic rings. The molecule has 0 bridgehead atoms. The molecule has 0 fully saturated rings. The average molecular weight is 418 g/mol. The van der Waals surface area contributed by atoms with Gasteiger partial charge in [-0.15, -0.1) is 21.5 Å². The van der Waals surface area contributed by atoms with Gasteiger partial charge in [0.1, 0.15) is 5.82 Å². The number of thiophene rings is 1. The van der Waals surface area contributed by atoms with Gasteiger partial charge in [-0.1, -0.05) is 41.6 Å². The van der Waals surface area contributed by atoms with Crippen LogP contribution in [-0.2, 0) is 7.05 Å². The lowest BCUT2D eigenvalue weighted by Gasteiger charge is -2.03. The smallest absolute Gasteiger partial charge is 0.191 e. The van der Waals surface area contributed by atoms with Crippen LogP contribution in [0.3, 0.4) is 0 Å². The quantitative estimate of drug-likeness (QED) is 0.319. The largest absolute Gasteiger partial charge is 0.304 e. The van der Waals surface area contributed by atoms with E-state index in [4.69, 9.17) is 11.6 Å². The van der Waals surface area contributed by atoms with Crippen LogP contribution in [0.4, 0.5) is 4.39 Å². The Morgan fingerprint density at radius 3 is 2.67 bits per heavy atom. The average Bonchev–Trinajstić information content (AvgIpc) is 3.20.